The number of hydrogen-bond acceptors (Lipinski definition) is 6. The summed E-state index contributed by atoms with van der Waals surface area (Å²) in [7, 11) is 1.49. The topological polar surface area (TPSA) is 99.6 Å². The first kappa shape index (κ1) is 16.6. The van der Waals surface area contributed by atoms with Crippen molar-refractivity contribution >= 4 is 11.4 Å². The van der Waals surface area contributed by atoms with E-state index in [9.17, 15) is 20.5 Å². The number of non-ortho nitro benzene ring substituents is 1. The van der Waals surface area contributed by atoms with Gasteiger partial charge in [-0.05, 0) is 36.6 Å². The predicted molar refractivity (Wildman–Crippen MR) is 91.7 cm³/mol. The Kier molecular flexibility index (Phi) is 4.44. The van der Waals surface area contributed by atoms with E-state index in [-0.39, 0.29) is 17.0 Å². The second-order valence-electron chi connectivity index (χ2n) is 5.94. The van der Waals surface area contributed by atoms with Gasteiger partial charge in [0.15, 0.2) is 11.5 Å². The van der Waals surface area contributed by atoms with Crippen molar-refractivity contribution in [2.45, 2.75) is 25.4 Å². The minimum absolute atomic E-state index is 0.0669. The number of anilines is 1. The molecule has 7 nitrogen and oxygen atoms in total. The van der Waals surface area contributed by atoms with Crippen LogP contribution in [-0.2, 0) is 6.54 Å². The summed E-state index contributed by atoms with van der Waals surface area (Å²) in [6, 6.07) is 11.8. The highest BCUT2D eigenvalue weighted by Crippen LogP contribution is 2.37. The number of phenols is 1. The molecule has 2 aromatic rings. The Morgan fingerprint density at radius 3 is 2.72 bits per heavy atom. The first-order valence-corrected chi connectivity index (χ1v) is 7.84. The van der Waals surface area contributed by atoms with E-state index in [1.54, 1.807) is 24.3 Å². The SMILES string of the molecule is COc1cc(CN(c2ccc([N+](=O)[O-])cc2C#N)C2CC2)ccc1O. The third kappa shape index (κ3) is 3.48. The van der Waals surface area contributed by atoms with Crippen molar-refractivity contribution in [2.24, 2.45) is 0 Å². The number of phenolic OH excluding ortho intramolecular Hbond substituents is 1. The summed E-state index contributed by atoms with van der Waals surface area (Å²) in [5.41, 5.74) is 1.79. The van der Waals surface area contributed by atoms with Crippen molar-refractivity contribution < 1.29 is 14.8 Å². The molecule has 0 radical (unpaired) electrons. The maximum atomic E-state index is 10.9. The number of benzene rings is 2. The molecule has 0 spiro atoms. The zero-order valence-electron chi connectivity index (χ0n) is 13.7. The van der Waals surface area contributed by atoms with Crippen LogP contribution in [0.4, 0.5) is 11.4 Å². The van der Waals surface area contributed by atoms with Crippen molar-refractivity contribution in [3.05, 3.63) is 57.6 Å². The lowest BCUT2D eigenvalue weighted by molar-refractivity contribution is -0.384. The fraction of sp³-hybridized carbons (Fsp3) is 0.278. The van der Waals surface area contributed by atoms with Gasteiger partial charge in [-0.25, -0.2) is 0 Å². The number of nitro benzene ring substituents is 1. The van der Waals surface area contributed by atoms with Crippen LogP contribution in [0.25, 0.3) is 0 Å². The molecule has 0 amide bonds. The first-order chi connectivity index (χ1) is 12.0. The van der Waals surface area contributed by atoms with E-state index in [4.69, 9.17) is 4.74 Å². The van der Waals surface area contributed by atoms with Crippen LogP contribution in [0, 0.1) is 21.4 Å². The van der Waals surface area contributed by atoms with Crippen molar-refractivity contribution in [1.82, 2.24) is 0 Å². The Hall–Kier alpha value is -3.27. The molecule has 1 aliphatic carbocycles. The standard InChI is InChI=1S/C18H17N3O4/c1-25-18-8-12(2-7-17(18)22)11-20(14-3-4-14)16-6-5-15(21(23)24)9-13(16)10-19/h2,5-9,14,22H,3-4,11H2,1H3. The summed E-state index contributed by atoms with van der Waals surface area (Å²) in [6.45, 7) is 0.522. The lowest BCUT2D eigenvalue weighted by Crippen LogP contribution is -2.25. The van der Waals surface area contributed by atoms with E-state index in [0.29, 0.717) is 24.0 Å². The molecular weight excluding hydrogens is 322 g/mol. The van der Waals surface area contributed by atoms with E-state index in [2.05, 4.69) is 11.0 Å². The van der Waals surface area contributed by atoms with E-state index in [0.717, 1.165) is 18.4 Å². The average molecular weight is 339 g/mol. The molecule has 3 rings (SSSR count). The zero-order chi connectivity index (χ0) is 18.0. The van der Waals surface area contributed by atoms with Crippen LogP contribution in [0.3, 0.4) is 0 Å². The zero-order valence-corrected chi connectivity index (χ0v) is 13.7. The van der Waals surface area contributed by atoms with Gasteiger partial charge in [0, 0.05) is 24.7 Å². The van der Waals surface area contributed by atoms with Gasteiger partial charge in [0.05, 0.1) is 23.3 Å². The van der Waals surface area contributed by atoms with E-state index in [1.807, 2.05) is 0 Å². The summed E-state index contributed by atoms with van der Waals surface area (Å²) < 4.78 is 5.14. The number of nitriles is 1. The van der Waals surface area contributed by atoms with Gasteiger partial charge in [-0.15, -0.1) is 0 Å². The Morgan fingerprint density at radius 1 is 1.36 bits per heavy atom. The molecule has 0 saturated heterocycles. The van der Waals surface area contributed by atoms with Gasteiger partial charge in [-0.3, -0.25) is 10.1 Å². The van der Waals surface area contributed by atoms with Crippen LogP contribution in [0.5, 0.6) is 11.5 Å². The Balaban J connectivity index is 1.95. The molecule has 128 valence electrons. The first-order valence-electron chi connectivity index (χ1n) is 7.84. The van der Waals surface area contributed by atoms with Crippen molar-refractivity contribution in [3.63, 3.8) is 0 Å². The maximum absolute atomic E-state index is 10.9. The molecule has 0 unspecified atom stereocenters. The van der Waals surface area contributed by atoms with Crippen molar-refractivity contribution in [1.29, 1.82) is 5.26 Å². The van der Waals surface area contributed by atoms with Crippen LogP contribution < -0.4 is 9.64 Å². The van der Waals surface area contributed by atoms with Crippen molar-refractivity contribution in [2.75, 3.05) is 12.0 Å². The second-order valence-corrected chi connectivity index (χ2v) is 5.94. The van der Waals surface area contributed by atoms with Crippen LogP contribution in [0.2, 0.25) is 0 Å². The van der Waals surface area contributed by atoms with Crippen LogP contribution in [0.15, 0.2) is 36.4 Å². The molecule has 0 atom stereocenters. The Labute approximate surface area is 144 Å². The van der Waals surface area contributed by atoms with Gasteiger partial charge in [0.2, 0.25) is 0 Å². The lowest BCUT2D eigenvalue weighted by atomic mass is 10.1. The number of nitro groups is 1. The van der Waals surface area contributed by atoms with E-state index in [1.165, 1.54) is 19.2 Å². The van der Waals surface area contributed by atoms with Gasteiger partial charge >= 0.3 is 0 Å². The second kappa shape index (κ2) is 6.69. The number of nitrogens with zero attached hydrogens (tertiary/aromatic N) is 3. The summed E-state index contributed by atoms with van der Waals surface area (Å²) in [4.78, 5) is 12.5. The molecule has 1 saturated carbocycles. The molecule has 25 heavy (non-hydrogen) atoms. The number of rotatable bonds is 6. The smallest absolute Gasteiger partial charge is 0.270 e. The number of hydrogen-bond donors (Lipinski definition) is 1. The largest absolute Gasteiger partial charge is 0.504 e. The summed E-state index contributed by atoms with van der Waals surface area (Å²) in [5.74, 6) is 0.453. The van der Waals surface area contributed by atoms with Gasteiger partial charge in [0.25, 0.3) is 5.69 Å². The molecule has 1 fully saturated rings. The minimum Gasteiger partial charge on any atom is -0.504 e. The fourth-order valence-electron chi connectivity index (χ4n) is 2.79. The molecule has 1 aliphatic rings. The third-order valence-electron chi connectivity index (χ3n) is 4.21. The quantitative estimate of drug-likeness (QED) is 0.640. The average Bonchev–Trinajstić information content (AvgIpc) is 3.45. The highest BCUT2D eigenvalue weighted by atomic mass is 16.6. The molecular formula is C18H17N3O4. The van der Waals surface area contributed by atoms with Gasteiger partial charge in [-0.1, -0.05) is 6.07 Å². The van der Waals surface area contributed by atoms with E-state index >= 15 is 0 Å². The number of aromatic hydroxyl groups is 1. The highest BCUT2D eigenvalue weighted by molar-refractivity contribution is 5.64. The van der Waals surface area contributed by atoms with Crippen molar-refractivity contribution in [3.8, 4) is 17.6 Å². The molecule has 0 aliphatic heterocycles. The minimum atomic E-state index is -0.503. The van der Waals surface area contributed by atoms with Gasteiger partial charge < -0.3 is 14.7 Å². The molecule has 1 N–H and O–H groups in total. The molecule has 7 heteroatoms. The molecule has 0 heterocycles. The lowest BCUT2D eigenvalue weighted by Gasteiger charge is -2.26. The van der Waals surface area contributed by atoms with Crippen LogP contribution in [0.1, 0.15) is 24.0 Å². The Morgan fingerprint density at radius 2 is 2.12 bits per heavy atom. The fourth-order valence-corrected chi connectivity index (χ4v) is 2.79. The number of methoxy groups -OCH3 is 1. The van der Waals surface area contributed by atoms with Crippen LogP contribution >= 0.6 is 0 Å². The molecule has 2 aromatic carbocycles. The normalized spacial score (nSPS) is 13.1. The van der Waals surface area contributed by atoms with Gasteiger partial charge in [-0.2, -0.15) is 5.26 Å². The third-order valence-corrected chi connectivity index (χ3v) is 4.21. The summed E-state index contributed by atoms with van der Waals surface area (Å²) in [5, 5.41) is 30.1. The number of ether oxygens (including phenoxy) is 1. The van der Waals surface area contributed by atoms with Gasteiger partial charge in [0.1, 0.15) is 6.07 Å². The maximum Gasteiger partial charge on any atom is 0.270 e. The molecule has 0 bridgehead atoms. The van der Waals surface area contributed by atoms with E-state index < -0.39 is 4.92 Å². The predicted octanol–water partition coefficient (Wildman–Crippen LogP) is 3.35. The summed E-state index contributed by atoms with van der Waals surface area (Å²) in [6.07, 6.45) is 2.02. The monoisotopic (exact) mass is 339 g/mol. The highest BCUT2D eigenvalue weighted by Gasteiger charge is 2.31. The van der Waals surface area contributed by atoms with Crippen LogP contribution in [-0.4, -0.2) is 23.2 Å². The Bertz CT molecular complexity index is 856. The summed E-state index contributed by atoms with van der Waals surface area (Å²) >= 11 is 0. The molecule has 0 aromatic heterocycles.